The molecule has 4 nitrogen and oxygen atoms in total. The molecule has 4 heteroatoms. The van der Waals surface area contributed by atoms with E-state index in [1.807, 2.05) is 0 Å². The summed E-state index contributed by atoms with van der Waals surface area (Å²) in [6, 6.07) is 0. The number of hydrogen-bond acceptors (Lipinski definition) is 3. The lowest BCUT2D eigenvalue weighted by Crippen LogP contribution is -2.61. The summed E-state index contributed by atoms with van der Waals surface area (Å²) in [4.78, 5) is 24.5. The number of aliphatic hydroxyl groups excluding tert-OH is 1. The molecule has 1 aliphatic heterocycles. The summed E-state index contributed by atoms with van der Waals surface area (Å²) < 4.78 is 0. The molecule has 0 aromatic rings. The standard InChI is InChI=1S/C10H15NO3/c12-7-10(5-2-6-10)11-8(13)3-1-4-9(11)14/h12H,1-7H2. The van der Waals surface area contributed by atoms with Crippen molar-refractivity contribution >= 4 is 11.8 Å². The maximum atomic E-state index is 11.6. The van der Waals surface area contributed by atoms with Crippen LogP contribution >= 0.6 is 0 Å². The van der Waals surface area contributed by atoms with Crippen LogP contribution in [0.4, 0.5) is 0 Å². The number of amides is 2. The van der Waals surface area contributed by atoms with Crippen LogP contribution in [0, 0.1) is 0 Å². The van der Waals surface area contributed by atoms with E-state index in [9.17, 15) is 14.7 Å². The molecule has 2 amide bonds. The third kappa shape index (κ3) is 1.25. The molecule has 0 spiro atoms. The minimum Gasteiger partial charge on any atom is -0.394 e. The highest BCUT2D eigenvalue weighted by Gasteiger charge is 2.48. The van der Waals surface area contributed by atoms with Crippen LogP contribution in [0.1, 0.15) is 38.5 Å². The lowest BCUT2D eigenvalue weighted by Gasteiger charge is -2.49. The van der Waals surface area contributed by atoms with Crippen molar-refractivity contribution in [2.45, 2.75) is 44.1 Å². The zero-order chi connectivity index (χ0) is 10.2. The minimum atomic E-state index is -0.533. The van der Waals surface area contributed by atoms with Crippen molar-refractivity contribution < 1.29 is 14.7 Å². The number of carbonyl (C=O) groups excluding carboxylic acids is 2. The van der Waals surface area contributed by atoms with Crippen LogP contribution in [0.25, 0.3) is 0 Å². The topological polar surface area (TPSA) is 57.6 Å². The maximum Gasteiger partial charge on any atom is 0.229 e. The number of nitrogens with zero attached hydrogens (tertiary/aromatic N) is 1. The van der Waals surface area contributed by atoms with E-state index in [-0.39, 0.29) is 18.4 Å². The third-order valence-electron chi connectivity index (χ3n) is 3.33. The van der Waals surface area contributed by atoms with Gasteiger partial charge in [-0.15, -0.1) is 0 Å². The number of piperidine rings is 1. The van der Waals surface area contributed by atoms with Gasteiger partial charge in [-0.2, -0.15) is 0 Å². The number of imide groups is 1. The van der Waals surface area contributed by atoms with Crippen LogP contribution < -0.4 is 0 Å². The van der Waals surface area contributed by atoms with Gasteiger partial charge >= 0.3 is 0 Å². The minimum absolute atomic E-state index is 0.0789. The van der Waals surface area contributed by atoms with E-state index in [1.54, 1.807) is 0 Å². The highest BCUT2D eigenvalue weighted by Crippen LogP contribution is 2.39. The highest BCUT2D eigenvalue weighted by molar-refractivity contribution is 5.98. The van der Waals surface area contributed by atoms with Gasteiger partial charge < -0.3 is 5.11 Å². The highest BCUT2D eigenvalue weighted by atomic mass is 16.3. The first-order chi connectivity index (χ1) is 6.69. The zero-order valence-corrected chi connectivity index (χ0v) is 8.16. The molecule has 0 atom stereocenters. The largest absolute Gasteiger partial charge is 0.394 e. The Morgan fingerprint density at radius 1 is 1.14 bits per heavy atom. The fourth-order valence-electron chi connectivity index (χ4n) is 2.32. The molecule has 0 bridgehead atoms. The van der Waals surface area contributed by atoms with Crippen molar-refractivity contribution in [3.63, 3.8) is 0 Å². The van der Waals surface area contributed by atoms with Crippen LogP contribution in [0.3, 0.4) is 0 Å². The van der Waals surface area contributed by atoms with E-state index >= 15 is 0 Å². The summed E-state index contributed by atoms with van der Waals surface area (Å²) in [7, 11) is 0. The van der Waals surface area contributed by atoms with Gasteiger partial charge in [0.2, 0.25) is 11.8 Å². The third-order valence-corrected chi connectivity index (χ3v) is 3.33. The molecule has 1 N–H and O–H groups in total. The Labute approximate surface area is 82.9 Å². The summed E-state index contributed by atoms with van der Waals surface area (Å²) in [6.45, 7) is -0.0789. The Balaban J connectivity index is 2.21. The first-order valence-electron chi connectivity index (χ1n) is 5.16. The molecule has 1 heterocycles. The molecule has 78 valence electrons. The summed E-state index contributed by atoms with van der Waals surface area (Å²) in [6.07, 6.45) is 4.09. The average Bonchev–Trinajstić information content (AvgIpc) is 2.08. The van der Waals surface area contributed by atoms with Crippen molar-refractivity contribution in [1.29, 1.82) is 0 Å². The number of carbonyl (C=O) groups is 2. The Morgan fingerprint density at radius 3 is 2.07 bits per heavy atom. The van der Waals surface area contributed by atoms with Gasteiger partial charge in [-0.05, 0) is 25.7 Å². The van der Waals surface area contributed by atoms with Gasteiger partial charge in [-0.3, -0.25) is 14.5 Å². The van der Waals surface area contributed by atoms with Gasteiger partial charge in [-0.25, -0.2) is 0 Å². The SMILES string of the molecule is O=C1CCCC(=O)N1C1(CO)CCC1. The molecule has 2 aliphatic rings. The summed E-state index contributed by atoms with van der Waals surface area (Å²) in [5.74, 6) is -0.204. The summed E-state index contributed by atoms with van der Waals surface area (Å²) >= 11 is 0. The average molecular weight is 197 g/mol. The lowest BCUT2D eigenvalue weighted by atomic mass is 9.75. The molecule has 0 aromatic carbocycles. The smallest absolute Gasteiger partial charge is 0.229 e. The Morgan fingerprint density at radius 2 is 1.71 bits per heavy atom. The Kier molecular flexibility index (Phi) is 2.31. The van der Waals surface area contributed by atoms with Gasteiger partial charge in [0.25, 0.3) is 0 Å². The second-order valence-electron chi connectivity index (χ2n) is 4.21. The molecule has 2 rings (SSSR count). The van der Waals surface area contributed by atoms with E-state index in [0.29, 0.717) is 19.3 Å². The summed E-state index contributed by atoms with van der Waals surface area (Å²) in [5.41, 5.74) is -0.533. The molecule has 1 saturated carbocycles. The first-order valence-corrected chi connectivity index (χ1v) is 5.16. The fraction of sp³-hybridized carbons (Fsp3) is 0.800. The normalized spacial score (nSPS) is 26.2. The fourth-order valence-corrected chi connectivity index (χ4v) is 2.32. The monoisotopic (exact) mass is 197 g/mol. The van der Waals surface area contributed by atoms with E-state index in [0.717, 1.165) is 19.3 Å². The second-order valence-corrected chi connectivity index (χ2v) is 4.21. The Hall–Kier alpha value is -0.900. The quantitative estimate of drug-likeness (QED) is 0.653. The van der Waals surface area contributed by atoms with Crippen molar-refractivity contribution in [2.24, 2.45) is 0 Å². The van der Waals surface area contributed by atoms with Gasteiger partial charge in [0.1, 0.15) is 0 Å². The molecule has 14 heavy (non-hydrogen) atoms. The predicted octanol–water partition coefficient (Wildman–Crippen LogP) is 0.440. The molecule has 1 aliphatic carbocycles. The van der Waals surface area contributed by atoms with E-state index in [4.69, 9.17) is 0 Å². The van der Waals surface area contributed by atoms with Crippen molar-refractivity contribution in [3.8, 4) is 0 Å². The predicted molar refractivity (Wildman–Crippen MR) is 49.4 cm³/mol. The first kappa shape index (κ1) is 9.65. The summed E-state index contributed by atoms with van der Waals surface area (Å²) in [5, 5.41) is 9.28. The second kappa shape index (κ2) is 3.35. The molecule has 1 saturated heterocycles. The molecule has 2 fully saturated rings. The maximum absolute atomic E-state index is 11.6. The van der Waals surface area contributed by atoms with Crippen LogP contribution in [0.5, 0.6) is 0 Å². The van der Waals surface area contributed by atoms with Crippen LogP contribution in [0.2, 0.25) is 0 Å². The zero-order valence-electron chi connectivity index (χ0n) is 8.16. The Bertz CT molecular complexity index is 249. The van der Waals surface area contributed by atoms with Crippen molar-refractivity contribution in [1.82, 2.24) is 4.90 Å². The number of hydrogen-bond donors (Lipinski definition) is 1. The van der Waals surface area contributed by atoms with Gasteiger partial charge in [0.05, 0.1) is 12.1 Å². The number of likely N-dealkylation sites (tertiary alicyclic amines) is 1. The van der Waals surface area contributed by atoms with Gasteiger partial charge in [0, 0.05) is 12.8 Å². The lowest BCUT2D eigenvalue weighted by molar-refractivity contribution is -0.163. The van der Waals surface area contributed by atoms with E-state index in [1.165, 1.54) is 4.90 Å². The van der Waals surface area contributed by atoms with E-state index in [2.05, 4.69) is 0 Å². The van der Waals surface area contributed by atoms with Crippen molar-refractivity contribution in [2.75, 3.05) is 6.61 Å². The number of aliphatic hydroxyl groups is 1. The molecule has 0 radical (unpaired) electrons. The van der Waals surface area contributed by atoms with Crippen LogP contribution in [-0.4, -0.2) is 34.0 Å². The molecular weight excluding hydrogens is 182 g/mol. The van der Waals surface area contributed by atoms with Gasteiger partial charge in [0.15, 0.2) is 0 Å². The van der Waals surface area contributed by atoms with Crippen molar-refractivity contribution in [3.05, 3.63) is 0 Å². The van der Waals surface area contributed by atoms with Crippen LogP contribution in [-0.2, 0) is 9.59 Å². The van der Waals surface area contributed by atoms with Gasteiger partial charge in [-0.1, -0.05) is 0 Å². The molecule has 0 unspecified atom stereocenters. The molecular formula is C10H15NO3. The molecule has 0 aromatic heterocycles. The van der Waals surface area contributed by atoms with Crippen LogP contribution in [0.15, 0.2) is 0 Å². The number of rotatable bonds is 2. The van der Waals surface area contributed by atoms with E-state index < -0.39 is 5.54 Å².